The summed E-state index contributed by atoms with van der Waals surface area (Å²) in [4.78, 5) is 52.7. The van der Waals surface area contributed by atoms with Crippen LogP contribution in [0.4, 0.5) is 31.5 Å². The van der Waals surface area contributed by atoms with E-state index in [1.807, 2.05) is 47.7 Å². The van der Waals surface area contributed by atoms with Crippen molar-refractivity contribution in [2.24, 2.45) is 0 Å². The number of anilines is 4. The number of carbonyl (C=O) groups is 1. The van der Waals surface area contributed by atoms with Crippen molar-refractivity contribution in [3.05, 3.63) is 83.9 Å². The second-order valence-electron chi connectivity index (χ2n) is 15.9. The number of methoxy groups -OCH3 is 1. The summed E-state index contributed by atoms with van der Waals surface area (Å²) in [7, 11) is 3.45. The van der Waals surface area contributed by atoms with Crippen LogP contribution in [-0.2, 0) is 16.1 Å². The Morgan fingerprint density at radius 1 is 0.933 bits per heavy atom. The van der Waals surface area contributed by atoms with Gasteiger partial charge in [0.1, 0.15) is 40.7 Å². The van der Waals surface area contributed by atoms with Gasteiger partial charge in [-0.2, -0.15) is 15.1 Å². The van der Waals surface area contributed by atoms with Gasteiger partial charge in [0.25, 0.3) is 0 Å². The molecule has 5 aliphatic rings. The van der Waals surface area contributed by atoms with E-state index in [2.05, 4.69) is 29.8 Å². The summed E-state index contributed by atoms with van der Waals surface area (Å²) in [5.41, 5.74) is 3.44. The average molecular weight is 831 g/mol. The van der Waals surface area contributed by atoms with Gasteiger partial charge in [-0.1, -0.05) is 6.07 Å². The summed E-state index contributed by atoms with van der Waals surface area (Å²) < 4.78 is 39.1. The highest BCUT2D eigenvalue weighted by Gasteiger charge is 2.48. The van der Waals surface area contributed by atoms with E-state index in [1.165, 1.54) is 16.8 Å². The first-order chi connectivity index (χ1) is 29.2. The molecule has 0 radical (unpaired) electrons. The van der Waals surface area contributed by atoms with E-state index in [9.17, 15) is 9.18 Å². The Kier molecular flexibility index (Phi) is 8.66. The van der Waals surface area contributed by atoms with Crippen LogP contribution >= 0.6 is 11.3 Å². The first-order valence-corrected chi connectivity index (χ1v) is 20.8. The van der Waals surface area contributed by atoms with Gasteiger partial charge in [0.15, 0.2) is 16.6 Å². The van der Waals surface area contributed by atoms with Gasteiger partial charge in [-0.3, -0.25) is 9.78 Å². The highest BCUT2D eigenvalue weighted by Crippen LogP contribution is 2.41. The van der Waals surface area contributed by atoms with Crippen LogP contribution in [0.25, 0.3) is 39.1 Å². The molecule has 12 rings (SSSR count). The van der Waals surface area contributed by atoms with Gasteiger partial charge in [0, 0.05) is 70.2 Å². The molecule has 1 amide bonds. The molecule has 60 heavy (non-hydrogen) atoms. The number of aromatic nitrogens is 9. The molecule has 1 N–H and O–H groups in total. The van der Waals surface area contributed by atoms with Crippen molar-refractivity contribution in [3.8, 4) is 17.1 Å². The van der Waals surface area contributed by atoms with E-state index in [-0.39, 0.29) is 35.8 Å². The lowest BCUT2D eigenvalue weighted by molar-refractivity contribution is -0.132. The van der Waals surface area contributed by atoms with Gasteiger partial charge in [0.2, 0.25) is 11.9 Å². The lowest BCUT2D eigenvalue weighted by Gasteiger charge is -2.56. The number of ether oxygens (including phenoxy) is 1. The van der Waals surface area contributed by atoms with Gasteiger partial charge in [-0.25, -0.2) is 28.4 Å². The predicted octanol–water partition coefficient (Wildman–Crippen LogP) is 4.68. The molecule has 4 saturated heterocycles. The third kappa shape index (κ3) is 6.00. The number of benzene rings is 1. The molecule has 16 nitrogen and oxygen atoms in total. The minimum atomic E-state index is -0.776. The van der Waals surface area contributed by atoms with E-state index in [0.717, 1.165) is 47.6 Å². The first-order valence-electron chi connectivity index (χ1n) is 19.9. The minimum Gasteiger partial charge on any atom is -0.378 e. The molecular formula is C41H40F2N14O2S. The molecule has 5 aliphatic heterocycles. The lowest BCUT2D eigenvalue weighted by Crippen LogP contribution is -2.69. The Morgan fingerprint density at radius 3 is 2.60 bits per heavy atom. The Labute approximate surface area is 346 Å². The first kappa shape index (κ1) is 36.7. The van der Waals surface area contributed by atoms with Crippen molar-refractivity contribution in [2.75, 3.05) is 60.4 Å². The number of halogens is 2. The van der Waals surface area contributed by atoms with Gasteiger partial charge in [0.05, 0.1) is 53.0 Å². The summed E-state index contributed by atoms with van der Waals surface area (Å²) in [6, 6.07) is 10.4. The van der Waals surface area contributed by atoms with Gasteiger partial charge < -0.3 is 34.2 Å². The van der Waals surface area contributed by atoms with E-state index < -0.39 is 17.7 Å². The van der Waals surface area contributed by atoms with Crippen LogP contribution in [0.2, 0.25) is 0 Å². The maximum atomic E-state index is 15.5. The van der Waals surface area contributed by atoms with Crippen LogP contribution in [0.15, 0.2) is 66.4 Å². The monoisotopic (exact) mass is 830 g/mol. The molecule has 306 valence electrons. The van der Waals surface area contributed by atoms with Crippen molar-refractivity contribution in [3.63, 3.8) is 0 Å². The van der Waals surface area contributed by atoms with Crippen LogP contribution < -0.4 is 20.0 Å². The summed E-state index contributed by atoms with van der Waals surface area (Å²) in [5, 5.41) is 11.7. The van der Waals surface area contributed by atoms with Crippen molar-refractivity contribution < 1.29 is 18.3 Å². The van der Waals surface area contributed by atoms with Crippen LogP contribution in [0.5, 0.6) is 0 Å². The zero-order valence-corrected chi connectivity index (χ0v) is 33.8. The summed E-state index contributed by atoms with van der Waals surface area (Å²) in [6.45, 7) is 4.55. The van der Waals surface area contributed by atoms with E-state index >= 15 is 4.39 Å². The summed E-state index contributed by atoms with van der Waals surface area (Å²) in [5.74, 6) is 0.810. The van der Waals surface area contributed by atoms with Crippen molar-refractivity contribution >= 4 is 62.0 Å². The number of nitrogens with zero attached hydrogens (tertiary/aromatic N) is 13. The Bertz CT molecular complexity index is 2790. The van der Waals surface area contributed by atoms with Crippen molar-refractivity contribution in [2.45, 2.75) is 56.6 Å². The van der Waals surface area contributed by atoms with Crippen LogP contribution in [-0.4, -0.2) is 126 Å². The van der Waals surface area contributed by atoms with E-state index in [1.54, 1.807) is 42.8 Å². The van der Waals surface area contributed by atoms with Gasteiger partial charge >= 0.3 is 0 Å². The highest BCUT2D eigenvalue weighted by atomic mass is 32.1. The number of hydrogen-bond donors (Lipinski definition) is 1. The number of rotatable bonds is 5. The standard InChI is InChI=1S/C41H40F2N14O2S/c1-22-47-31-9-10-44-35-30-5-4-6-34(49-30)48-24-14-33(39(58)52(2)20-27(59-3)21-54(22)36(31)35)55(17-24)37-28-16-46-57(32-8-7-23(42)13-29(32)43)38(28)51-40(50-37)56-25-15-26(56)19-53(18-25)41-45-11-12-60-41/h4-13,16,24-27,33H,14-15,17-21H2,1-3H3,(H,48,49)/t24-,25?,26?,27-,33-/m0/s1. The number of amides is 1. The lowest BCUT2D eigenvalue weighted by atomic mass is 9.88. The molecule has 1 aromatic carbocycles. The van der Waals surface area contributed by atoms with E-state index in [0.29, 0.717) is 66.1 Å². The van der Waals surface area contributed by atoms with E-state index in [4.69, 9.17) is 29.7 Å². The molecule has 6 aromatic heterocycles. The third-order valence-electron chi connectivity index (χ3n) is 12.3. The number of carbonyl (C=O) groups excluding carboxylic acids is 1. The fourth-order valence-corrected chi connectivity index (χ4v) is 10.1. The predicted molar refractivity (Wildman–Crippen MR) is 223 cm³/mol. The number of imidazole rings is 1. The maximum Gasteiger partial charge on any atom is 0.245 e. The molecule has 5 atom stereocenters. The van der Waals surface area contributed by atoms with Crippen molar-refractivity contribution in [1.29, 1.82) is 0 Å². The molecular weight excluding hydrogens is 791 g/mol. The second kappa shape index (κ2) is 14.1. The molecule has 19 heteroatoms. The van der Waals surface area contributed by atoms with Gasteiger partial charge in [-0.15, -0.1) is 11.3 Å². The number of hydrogen-bond acceptors (Lipinski definition) is 14. The Balaban J connectivity index is 1.02. The molecule has 11 heterocycles. The number of piperazine rings is 1. The molecule has 0 aliphatic carbocycles. The number of aryl methyl sites for hydroxylation is 1. The molecule has 2 unspecified atom stereocenters. The summed E-state index contributed by atoms with van der Waals surface area (Å²) >= 11 is 1.61. The van der Waals surface area contributed by atoms with Crippen molar-refractivity contribution in [1.82, 2.24) is 49.2 Å². The normalized spacial score (nSPS) is 22.9. The SMILES string of the molecule is CO[C@H]1CN(C)C(=O)[C@@H]2C[C@@H](CN2c2nc(N3C4CC3CN(c3nccs3)C4)nc3c2cnn3-c2ccc(F)cc2F)Nc2cccc(n2)-c2nccc3nc(C)n(c23)C1. The number of piperidine rings is 1. The topological polar surface area (TPSA) is 151 Å². The number of thiazole rings is 1. The maximum absolute atomic E-state index is 15.5. The Morgan fingerprint density at radius 2 is 1.80 bits per heavy atom. The molecule has 4 fully saturated rings. The fourth-order valence-electron chi connectivity index (χ4n) is 9.44. The Hall–Kier alpha value is -6.34. The number of pyridine rings is 2. The minimum absolute atomic E-state index is 0.0496. The van der Waals surface area contributed by atoms with Crippen LogP contribution in [0, 0.1) is 18.6 Å². The van der Waals surface area contributed by atoms with Gasteiger partial charge in [-0.05, 0) is 50.1 Å². The number of fused-ring (bicyclic) bond motifs is 8. The number of nitrogens with one attached hydrogen (secondary N) is 1. The molecule has 0 spiro atoms. The largest absolute Gasteiger partial charge is 0.378 e. The van der Waals surface area contributed by atoms with Crippen LogP contribution in [0.1, 0.15) is 18.7 Å². The molecule has 7 aromatic rings. The number of likely N-dealkylation sites (N-methyl/N-ethyl adjacent to an activating group) is 1. The molecule has 0 saturated carbocycles. The zero-order valence-electron chi connectivity index (χ0n) is 33.0. The summed E-state index contributed by atoms with van der Waals surface area (Å²) in [6.07, 6.45) is 6.17. The quantitative estimate of drug-likeness (QED) is 0.256. The fraction of sp³-hybridized carbons (Fsp3) is 0.366. The average Bonchev–Trinajstić information content (AvgIpc) is 4.07. The van der Waals surface area contributed by atoms with Crippen LogP contribution in [0.3, 0.4) is 0 Å². The molecule has 6 bridgehead atoms. The smallest absolute Gasteiger partial charge is 0.245 e. The highest BCUT2D eigenvalue weighted by molar-refractivity contribution is 7.13. The third-order valence-corrected chi connectivity index (χ3v) is 13.1. The second-order valence-corrected chi connectivity index (χ2v) is 16.8. The zero-order chi connectivity index (χ0) is 40.8.